The first-order valence-corrected chi connectivity index (χ1v) is 6.82. The van der Waals surface area contributed by atoms with Crippen LogP contribution in [0.1, 0.15) is 38.6 Å². The minimum absolute atomic E-state index is 0.312. The molecule has 3 rings (SSSR count). The van der Waals surface area contributed by atoms with Crippen LogP contribution in [0.5, 0.6) is 0 Å². The molecular formula is C14H15NOS. The zero-order chi connectivity index (χ0) is 11.8. The fourth-order valence-electron chi connectivity index (χ4n) is 2.47. The van der Waals surface area contributed by atoms with Gasteiger partial charge in [0, 0.05) is 33.6 Å². The normalized spacial score (nSPS) is 15.0. The highest BCUT2D eigenvalue weighted by atomic mass is 32.1. The molecular weight excluding hydrogens is 230 g/mol. The number of fused-ring (bicyclic) bond motifs is 1. The fourth-order valence-corrected chi connectivity index (χ4v) is 3.36. The maximum Gasteiger partial charge on any atom is 0.164 e. The van der Waals surface area contributed by atoms with Gasteiger partial charge in [-0.3, -0.25) is 4.79 Å². The predicted molar refractivity (Wildman–Crippen MR) is 69.9 cm³/mol. The first-order chi connectivity index (χ1) is 8.24. The molecule has 1 aliphatic rings. The molecule has 0 unspecified atom stereocenters. The third-order valence-corrected chi connectivity index (χ3v) is 4.30. The third-order valence-electron chi connectivity index (χ3n) is 3.32. The molecule has 0 aliphatic heterocycles. The molecule has 0 spiro atoms. The van der Waals surface area contributed by atoms with E-state index < -0.39 is 0 Å². The Labute approximate surface area is 105 Å². The molecule has 1 aliphatic carbocycles. The maximum atomic E-state index is 11.7. The van der Waals surface area contributed by atoms with Crippen LogP contribution in [0.25, 0.3) is 0 Å². The lowest BCUT2D eigenvalue weighted by atomic mass is 9.97. The van der Waals surface area contributed by atoms with E-state index in [1.165, 1.54) is 15.4 Å². The van der Waals surface area contributed by atoms with Gasteiger partial charge in [0.25, 0.3) is 0 Å². The Balaban J connectivity index is 1.91. The van der Waals surface area contributed by atoms with Crippen molar-refractivity contribution in [3.63, 3.8) is 0 Å². The Kier molecular flexibility index (Phi) is 2.63. The van der Waals surface area contributed by atoms with Gasteiger partial charge in [-0.05, 0) is 38.0 Å². The highest BCUT2D eigenvalue weighted by Crippen LogP contribution is 2.24. The number of Topliss-reactive ketones (excluding diaryl/α,β-unsaturated/α-hetero) is 1. The zero-order valence-electron chi connectivity index (χ0n) is 9.90. The molecule has 0 saturated carbocycles. The van der Waals surface area contributed by atoms with E-state index in [9.17, 15) is 4.79 Å². The second-order valence-corrected chi connectivity index (χ2v) is 5.97. The van der Waals surface area contributed by atoms with Crippen molar-refractivity contribution in [3.8, 4) is 0 Å². The summed E-state index contributed by atoms with van der Waals surface area (Å²) in [4.78, 5) is 14.4. The number of hydrogen-bond donors (Lipinski definition) is 0. The van der Waals surface area contributed by atoms with Gasteiger partial charge < -0.3 is 4.57 Å². The second-order valence-electron chi connectivity index (χ2n) is 4.59. The van der Waals surface area contributed by atoms with E-state index in [-0.39, 0.29) is 0 Å². The van der Waals surface area contributed by atoms with Gasteiger partial charge in [-0.15, -0.1) is 11.3 Å². The largest absolute Gasteiger partial charge is 0.346 e. The lowest BCUT2D eigenvalue weighted by Gasteiger charge is -2.14. The number of ketones is 1. The summed E-state index contributed by atoms with van der Waals surface area (Å²) in [6, 6.07) is 6.31. The van der Waals surface area contributed by atoms with Gasteiger partial charge in [-0.1, -0.05) is 0 Å². The van der Waals surface area contributed by atoms with Gasteiger partial charge in [-0.25, -0.2) is 0 Å². The van der Waals surface area contributed by atoms with Crippen LogP contribution < -0.4 is 0 Å². The van der Waals surface area contributed by atoms with Crippen LogP contribution in [0.15, 0.2) is 24.4 Å². The summed E-state index contributed by atoms with van der Waals surface area (Å²) >= 11 is 1.83. The average molecular weight is 245 g/mol. The number of aryl methyl sites for hydroxylation is 1. The lowest BCUT2D eigenvalue weighted by molar-refractivity contribution is 0.0972. The summed E-state index contributed by atoms with van der Waals surface area (Å²) in [5.41, 5.74) is 2.18. The topological polar surface area (TPSA) is 22.0 Å². The van der Waals surface area contributed by atoms with E-state index in [1.807, 2.05) is 17.4 Å². The van der Waals surface area contributed by atoms with E-state index in [4.69, 9.17) is 0 Å². The maximum absolute atomic E-state index is 11.7. The minimum Gasteiger partial charge on any atom is -0.346 e. The second kappa shape index (κ2) is 4.15. The molecule has 0 bridgehead atoms. The number of carbonyl (C=O) groups is 1. The molecule has 0 atom stereocenters. The first kappa shape index (κ1) is 10.8. The SMILES string of the molecule is Cc1ccc(Cn2ccc3c2CCCC3=O)s1. The number of rotatable bonds is 2. The monoisotopic (exact) mass is 245 g/mol. The predicted octanol–water partition coefficient (Wildman–Crippen LogP) is 3.43. The summed E-state index contributed by atoms with van der Waals surface area (Å²) in [6.07, 6.45) is 4.82. The van der Waals surface area contributed by atoms with E-state index >= 15 is 0 Å². The molecule has 3 heteroatoms. The molecule has 2 nitrogen and oxygen atoms in total. The molecule has 0 amide bonds. The van der Waals surface area contributed by atoms with Crippen LogP contribution in [0.3, 0.4) is 0 Å². The van der Waals surface area contributed by atoms with E-state index in [2.05, 4.69) is 29.8 Å². The molecule has 0 saturated heterocycles. The molecule has 0 radical (unpaired) electrons. The number of thiophene rings is 1. The molecule has 2 aromatic rings. The van der Waals surface area contributed by atoms with Crippen LogP contribution in [-0.4, -0.2) is 10.4 Å². The van der Waals surface area contributed by atoms with Crippen molar-refractivity contribution in [2.75, 3.05) is 0 Å². The molecule has 88 valence electrons. The fraction of sp³-hybridized carbons (Fsp3) is 0.357. The minimum atomic E-state index is 0.312. The Morgan fingerprint density at radius 1 is 1.29 bits per heavy atom. The van der Waals surface area contributed by atoms with Gasteiger partial charge in [0.05, 0.1) is 6.54 Å². The molecule has 0 fully saturated rings. The van der Waals surface area contributed by atoms with Crippen molar-refractivity contribution in [1.82, 2.24) is 4.57 Å². The van der Waals surface area contributed by atoms with Gasteiger partial charge in [0.15, 0.2) is 5.78 Å². The number of aromatic nitrogens is 1. The number of carbonyl (C=O) groups excluding carboxylic acids is 1. The molecule has 0 N–H and O–H groups in total. The van der Waals surface area contributed by atoms with Gasteiger partial charge in [0.2, 0.25) is 0 Å². The van der Waals surface area contributed by atoms with Crippen LogP contribution in [0.4, 0.5) is 0 Å². The van der Waals surface area contributed by atoms with Crippen molar-refractivity contribution >= 4 is 17.1 Å². The van der Waals surface area contributed by atoms with E-state index in [0.717, 1.165) is 31.4 Å². The highest BCUT2D eigenvalue weighted by Gasteiger charge is 2.20. The Bertz CT molecular complexity index is 565. The van der Waals surface area contributed by atoms with Crippen LogP contribution >= 0.6 is 11.3 Å². The summed E-state index contributed by atoms with van der Waals surface area (Å²) in [5, 5.41) is 0. The smallest absolute Gasteiger partial charge is 0.164 e. The molecule has 2 aromatic heterocycles. The van der Waals surface area contributed by atoms with Crippen LogP contribution in [0.2, 0.25) is 0 Å². The lowest BCUT2D eigenvalue weighted by Crippen LogP contribution is -2.13. The highest BCUT2D eigenvalue weighted by molar-refractivity contribution is 7.11. The van der Waals surface area contributed by atoms with Crippen molar-refractivity contribution < 1.29 is 4.79 Å². The quantitative estimate of drug-likeness (QED) is 0.794. The van der Waals surface area contributed by atoms with Crippen molar-refractivity contribution in [1.29, 1.82) is 0 Å². The summed E-state index contributed by atoms with van der Waals surface area (Å²) < 4.78 is 2.23. The Morgan fingerprint density at radius 2 is 2.18 bits per heavy atom. The summed E-state index contributed by atoms with van der Waals surface area (Å²) in [7, 11) is 0. The zero-order valence-corrected chi connectivity index (χ0v) is 10.7. The summed E-state index contributed by atoms with van der Waals surface area (Å²) in [5.74, 6) is 0.312. The van der Waals surface area contributed by atoms with E-state index in [1.54, 1.807) is 0 Å². The van der Waals surface area contributed by atoms with Crippen molar-refractivity contribution in [3.05, 3.63) is 45.4 Å². The molecule has 2 heterocycles. The van der Waals surface area contributed by atoms with Crippen molar-refractivity contribution in [2.24, 2.45) is 0 Å². The Hall–Kier alpha value is -1.35. The number of hydrogen-bond acceptors (Lipinski definition) is 2. The van der Waals surface area contributed by atoms with Gasteiger partial charge in [0.1, 0.15) is 0 Å². The number of nitrogens with zero attached hydrogens (tertiary/aromatic N) is 1. The first-order valence-electron chi connectivity index (χ1n) is 6.00. The standard InChI is InChI=1S/C14H15NOS/c1-10-5-6-11(17-10)9-15-8-7-12-13(15)3-2-4-14(12)16/h5-8H,2-4,9H2,1H3. The Morgan fingerprint density at radius 3 is 2.94 bits per heavy atom. The van der Waals surface area contributed by atoms with Gasteiger partial charge >= 0.3 is 0 Å². The molecule has 0 aromatic carbocycles. The van der Waals surface area contributed by atoms with E-state index in [0.29, 0.717) is 5.78 Å². The third kappa shape index (κ3) is 1.95. The summed E-state index contributed by atoms with van der Waals surface area (Å²) in [6.45, 7) is 3.03. The van der Waals surface area contributed by atoms with Crippen molar-refractivity contribution in [2.45, 2.75) is 32.7 Å². The van der Waals surface area contributed by atoms with Crippen LogP contribution in [0, 0.1) is 6.92 Å². The molecule has 17 heavy (non-hydrogen) atoms. The average Bonchev–Trinajstić information content (AvgIpc) is 2.88. The van der Waals surface area contributed by atoms with Crippen LogP contribution in [-0.2, 0) is 13.0 Å². The van der Waals surface area contributed by atoms with Gasteiger partial charge in [-0.2, -0.15) is 0 Å².